The van der Waals surface area contributed by atoms with E-state index in [-0.39, 0.29) is 6.61 Å². The van der Waals surface area contributed by atoms with Gasteiger partial charge in [-0.1, -0.05) is 24.8 Å². The van der Waals surface area contributed by atoms with E-state index in [1.807, 2.05) is 42.3 Å². The van der Waals surface area contributed by atoms with Crippen molar-refractivity contribution in [1.29, 1.82) is 0 Å². The van der Waals surface area contributed by atoms with E-state index in [1.165, 1.54) is 0 Å². The third-order valence-corrected chi connectivity index (χ3v) is 2.27. The number of rotatable bonds is 6. The maximum atomic E-state index is 10.8. The van der Waals surface area contributed by atoms with Crippen LogP contribution >= 0.6 is 0 Å². The predicted molar refractivity (Wildman–Crippen MR) is 66.9 cm³/mol. The normalized spacial score (nSPS) is 11.6. The number of likely N-dealkylation sites (N-methyl/N-ethyl adjacent to an activating group) is 1. The van der Waals surface area contributed by atoms with Crippen molar-refractivity contribution < 1.29 is 14.6 Å². The number of hydrogen-bond donors (Lipinski definition) is 1. The van der Waals surface area contributed by atoms with E-state index in [2.05, 4.69) is 6.58 Å². The fourth-order valence-electron chi connectivity index (χ4n) is 1.39. The molecule has 0 heterocycles. The van der Waals surface area contributed by atoms with Gasteiger partial charge >= 0.3 is 5.97 Å². The fourth-order valence-corrected chi connectivity index (χ4v) is 1.39. The number of nitrogens with zero attached hydrogens (tertiary/aromatic N) is 1. The van der Waals surface area contributed by atoms with Crippen LogP contribution in [0.5, 0.6) is 0 Å². The molecule has 0 aliphatic heterocycles. The Labute approximate surface area is 101 Å². The van der Waals surface area contributed by atoms with Gasteiger partial charge in [0.25, 0.3) is 0 Å². The van der Waals surface area contributed by atoms with Crippen molar-refractivity contribution in [3.8, 4) is 0 Å². The molecule has 4 heteroatoms. The van der Waals surface area contributed by atoms with Gasteiger partial charge in [-0.05, 0) is 12.1 Å². The van der Waals surface area contributed by atoms with Crippen LogP contribution in [-0.2, 0) is 9.53 Å². The van der Waals surface area contributed by atoms with Crippen LogP contribution in [0.4, 0.5) is 5.69 Å². The van der Waals surface area contributed by atoms with Crippen LogP contribution in [-0.4, -0.2) is 37.4 Å². The number of benzene rings is 1. The van der Waals surface area contributed by atoms with Gasteiger partial charge in [0.1, 0.15) is 12.7 Å². The number of carbonyl (C=O) groups excluding carboxylic acids is 1. The highest BCUT2D eigenvalue weighted by Gasteiger charge is 2.10. The van der Waals surface area contributed by atoms with Crippen molar-refractivity contribution in [3.63, 3.8) is 0 Å². The molecule has 1 N–H and O–H groups in total. The average Bonchev–Trinajstić information content (AvgIpc) is 2.36. The Bertz CT molecular complexity index is 364. The van der Waals surface area contributed by atoms with Crippen LogP contribution in [0.3, 0.4) is 0 Å². The summed E-state index contributed by atoms with van der Waals surface area (Å²) < 4.78 is 4.76. The van der Waals surface area contributed by atoms with Gasteiger partial charge in [-0.25, -0.2) is 4.79 Å². The third-order valence-electron chi connectivity index (χ3n) is 2.27. The monoisotopic (exact) mass is 235 g/mol. The Morgan fingerprint density at radius 3 is 2.76 bits per heavy atom. The number of para-hydroxylation sites is 1. The van der Waals surface area contributed by atoms with Crippen LogP contribution in [0.2, 0.25) is 0 Å². The first kappa shape index (κ1) is 13.3. The number of esters is 1. The molecule has 17 heavy (non-hydrogen) atoms. The number of hydrogen-bond acceptors (Lipinski definition) is 4. The Morgan fingerprint density at radius 2 is 2.18 bits per heavy atom. The Hall–Kier alpha value is -1.81. The maximum Gasteiger partial charge on any atom is 0.330 e. The number of aliphatic hydroxyl groups is 1. The molecule has 0 radical (unpaired) electrons. The Morgan fingerprint density at radius 1 is 1.53 bits per heavy atom. The fraction of sp³-hybridized carbons (Fsp3) is 0.308. The van der Waals surface area contributed by atoms with E-state index in [4.69, 9.17) is 4.74 Å². The second-order valence-corrected chi connectivity index (χ2v) is 3.70. The third kappa shape index (κ3) is 4.70. The molecule has 1 aromatic rings. The summed E-state index contributed by atoms with van der Waals surface area (Å²) in [6.45, 7) is 3.65. The summed E-state index contributed by atoms with van der Waals surface area (Å²) >= 11 is 0. The molecule has 92 valence electrons. The van der Waals surface area contributed by atoms with E-state index in [0.717, 1.165) is 11.8 Å². The van der Waals surface area contributed by atoms with Crippen LogP contribution in [0.25, 0.3) is 0 Å². The van der Waals surface area contributed by atoms with Gasteiger partial charge in [0, 0.05) is 25.4 Å². The van der Waals surface area contributed by atoms with E-state index in [1.54, 1.807) is 0 Å². The molecule has 1 unspecified atom stereocenters. The number of carbonyl (C=O) groups is 1. The highest BCUT2D eigenvalue weighted by molar-refractivity contribution is 5.81. The molecule has 1 atom stereocenters. The molecule has 0 aliphatic rings. The number of anilines is 1. The zero-order valence-corrected chi connectivity index (χ0v) is 9.87. The molecule has 0 fully saturated rings. The van der Waals surface area contributed by atoms with Crippen molar-refractivity contribution in [1.82, 2.24) is 0 Å². The van der Waals surface area contributed by atoms with Crippen molar-refractivity contribution in [3.05, 3.63) is 43.0 Å². The second kappa shape index (κ2) is 6.70. The van der Waals surface area contributed by atoms with Crippen molar-refractivity contribution >= 4 is 11.7 Å². The van der Waals surface area contributed by atoms with Gasteiger partial charge in [-0.15, -0.1) is 0 Å². The van der Waals surface area contributed by atoms with Crippen molar-refractivity contribution in [2.24, 2.45) is 0 Å². The molecule has 0 aliphatic carbocycles. The molecule has 1 aromatic carbocycles. The Balaban J connectivity index is 2.38. The lowest BCUT2D eigenvalue weighted by Crippen LogP contribution is -2.32. The molecule has 4 nitrogen and oxygen atoms in total. The van der Waals surface area contributed by atoms with Crippen molar-refractivity contribution in [2.75, 3.05) is 25.1 Å². The quantitative estimate of drug-likeness (QED) is 0.595. The van der Waals surface area contributed by atoms with E-state index >= 15 is 0 Å². The van der Waals surface area contributed by atoms with Gasteiger partial charge in [-0.3, -0.25) is 0 Å². The summed E-state index contributed by atoms with van der Waals surface area (Å²) in [5.74, 6) is -0.522. The number of aliphatic hydroxyl groups excluding tert-OH is 1. The molecule has 0 saturated carbocycles. The highest BCUT2D eigenvalue weighted by Crippen LogP contribution is 2.11. The summed E-state index contributed by atoms with van der Waals surface area (Å²) in [7, 11) is 1.87. The lowest BCUT2D eigenvalue weighted by atomic mass is 10.2. The topological polar surface area (TPSA) is 49.8 Å². The first-order chi connectivity index (χ1) is 8.13. The minimum atomic E-state index is -0.718. The summed E-state index contributed by atoms with van der Waals surface area (Å²) in [5.41, 5.74) is 1.00. The lowest BCUT2D eigenvalue weighted by molar-refractivity contribution is -0.140. The van der Waals surface area contributed by atoms with Crippen molar-refractivity contribution in [2.45, 2.75) is 6.10 Å². The largest absolute Gasteiger partial charge is 0.460 e. The zero-order chi connectivity index (χ0) is 12.7. The highest BCUT2D eigenvalue weighted by atomic mass is 16.5. The minimum absolute atomic E-state index is 0.0258. The molecular weight excluding hydrogens is 218 g/mol. The number of ether oxygens (including phenoxy) is 1. The predicted octanol–water partition coefficient (Wildman–Crippen LogP) is 1.21. The standard InChI is InChI=1S/C13H17NO3/c1-3-13(16)17-10-12(15)9-14(2)11-7-5-4-6-8-11/h3-8,12,15H,1,9-10H2,2H3. The molecular formula is C13H17NO3. The maximum absolute atomic E-state index is 10.8. The first-order valence-electron chi connectivity index (χ1n) is 5.37. The van der Waals surface area contributed by atoms with Crippen LogP contribution in [0.15, 0.2) is 43.0 Å². The minimum Gasteiger partial charge on any atom is -0.460 e. The molecule has 0 amide bonds. The average molecular weight is 235 g/mol. The molecule has 0 spiro atoms. The van der Waals surface area contributed by atoms with Gasteiger partial charge in [0.05, 0.1) is 0 Å². The van der Waals surface area contributed by atoms with E-state index in [0.29, 0.717) is 6.54 Å². The van der Waals surface area contributed by atoms with Gasteiger partial charge in [0.2, 0.25) is 0 Å². The molecule has 0 aromatic heterocycles. The second-order valence-electron chi connectivity index (χ2n) is 3.70. The summed E-state index contributed by atoms with van der Waals surface area (Å²) in [6.07, 6.45) is 0.359. The summed E-state index contributed by atoms with van der Waals surface area (Å²) in [5, 5.41) is 9.67. The smallest absolute Gasteiger partial charge is 0.330 e. The van der Waals surface area contributed by atoms with Gasteiger partial charge in [0.15, 0.2) is 0 Å². The van der Waals surface area contributed by atoms with Crippen LogP contribution < -0.4 is 4.90 Å². The van der Waals surface area contributed by atoms with Crippen LogP contribution in [0.1, 0.15) is 0 Å². The summed E-state index contributed by atoms with van der Waals surface area (Å²) in [4.78, 5) is 12.7. The summed E-state index contributed by atoms with van der Waals surface area (Å²) in [6, 6.07) is 9.68. The van der Waals surface area contributed by atoms with E-state index in [9.17, 15) is 9.90 Å². The van der Waals surface area contributed by atoms with Gasteiger partial charge in [-0.2, -0.15) is 0 Å². The SMILES string of the molecule is C=CC(=O)OCC(O)CN(C)c1ccccc1. The lowest BCUT2D eigenvalue weighted by Gasteiger charge is -2.22. The Kier molecular flexibility index (Phi) is 5.23. The molecule has 0 bridgehead atoms. The molecule has 0 saturated heterocycles. The first-order valence-corrected chi connectivity index (χ1v) is 5.37. The van der Waals surface area contributed by atoms with Crippen LogP contribution in [0, 0.1) is 0 Å². The van der Waals surface area contributed by atoms with E-state index < -0.39 is 12.1 Å². The van der Waals surface area contributed by atoms with Gasteiger partial charge < -0.3 is 14.7 Å². The molecule has 1 rings (SSSR count). The zero-order valence-electron chi connectivity index (χ0n) is 9.87.